The summed E-state index contributed by atoms with van der Waals surface area (Å²) >= 11 is 3.62. The molecule has 2 aromatic rings. The zero-order valence-electron chi connectivity index (χ0n) is 10.8. The summed E-state index contributed by atoms with van der Waals surface area (Å²) in [5, 5.41) is 3.51. The molecule has 0 saturated carbocycles. The van der Waals surface area contributed by atoms with Crippen molar-refractivity contribution in [2.75, 3.05) is 11.9 Å². The van der Waals surface area contributed by atoms with E-state index in [-0.39, 0.29) is 0 Å². The molecule has 1 atom stereocenters. The molecule has 18 heavy (non-hydrogen) atoms. The molecule has 0 aliphatic heterocycles. The van der Waals surface area contributed by atoms with Gasteiger partial charge in [0.2, 0.25) is 0 Å². The first-order chi connectivity index (χ1) is 8.68. The van der Waals surface area contributed by atoms with Crippen molar-refractivity contribution in [3.63, 3.8) is 0 Å². The fourth-order valence-electron chi connectivity index (χ4n) is 1.95. The first kappa shape index (κ1) is 13.2. The van der Waals surface area contributed by atoms with Crippen LogP contribution in [0.15, 0.2) is 53.0 Å². The summed E-state index contributed by atoms with van der Waals surface area (Å²) in [4.78, 5) is 0. The van der Waals surface area contributed by atoms with Gasteiger partial charge in [-0.15, -0.1) is 0 Å². The van der Waals surface area contributed by atoms with Crippen LogP contribution in [0.2, 0.25) is 0 Å². The van der Waals surface area contributed by atoms with Crippen LogP contribution in [-0.4, -0.2) is 6.54 Å². The van der Waals surface area contributed by atoms with Gasteiger partial charge in [-0.3, -0.25) is 0 Å². The number of hydrogen-bond acceptors (Lipinski definition) is 1. The van der Waals surface area contributed by atoms with Crippen LogP contribution in [0.4, 0.5) is 5.69 Å². The molecule has 94 valence electrons. The molecule has 2 rings (SSSR count). The van der Waals surface area contributed by atoms with E-state index < -0.39 is 0 Å². The SMILES string of the molecule is Cc1cccc(NCC(C)c2ccccc2)c1Br. The Labute approximate surface area is 117 Å². The van der Waals surface area contributed by atoms with Gasteiger partial charge in [0.15, 0.2) is 0 Å². The fraction of sp³-hybridized carbons (Fsp3) is 0.250. The Hall–Kier alpha value is -1.28. The molecule has 1 N–H and O–H groups in total. The molecule has 0 aromatic heterocycles. The molecule has 1 unspecified atom stereocenters. The van der Waals surface area contributed by atoms with E-state index in [4.69, 9.17) is 0 Å². The molecule has 1 nitrogen and oxygen atoms in total. The van der Waals surface area contributed by atoms with Gasteiger partial charge >= 0.3 is 0 Å². The van der Waals surface area contributed by atoms with Gasteiger partial charge in [0.05, 0.1) is 0 Å². The number of benzene rings is 2. The van der Waals surface area contributed by atoms with Gasteiger partial charge in [0.1, 0.15) is 0 Å². The summed E-state index contributed by atoms with van der Waals surface area (Å²) in [7, 11) is 0. The van der Waals surface area contributed by atoms with E-state index in [2.05, 4.69) is 83.6 Å². The second-order valence-corrected chi connectivity index (χ2v) is 5.42. The first-order valence-electron chi connectivity index (χ1n) is 6.22. The Kier molecular flexibility index (Phi) is 4.43. The number of nitrogens with one attached hydrogen (secondary N) is 1. The minimum Gasteiger partial charge on any atom is -0.384 e. The van der Waals surface area contributed by atoms with Crippen molar-refractivity contribution in [2.45, 2.75) is 19.8 Å². The molecule has 0 aliphatic rings. The van der Waals surface area contributed by atoms with Crippen molar-refractivity contribution in [2.24, 2.45) is 0 Å². The largest absolute Gasteiger partial charge is 0.384 e. The van der Waals surface area contributed by atoms with Crippen LogP contribution in [0.1, 0.15) is 24.0 Å². The molecule has 0 fully saturated rings. The third-order valence-electron chi connectivity index (χ3n) is 3.16. The van der Waals surface area contributed by atoms with Crippen molar-refractivity contribution in [1.29, 1.82) is 0 Å². The van der Waals surface area contributed by atoms with Gasteiger partial charge in [-0.2, -0.15) is 0 Å². The standard InChI is InChI=1S/C16H18BrN/c1-12-7-6-10-15(16(12)17)18-11-13(2)14-8-4-3-5-9-14/h3-10,13,18H,11H2,1-2H3. The second kappa shape index (κ2) is 6.05. The van der Waals surface area contributed by atoms with Crippen LogP contribution >= 0.6 is 15.9 Å². The highest BCUT2D eigenvalue weighted by atomic mass is 79.9. The van der Waals surface area contributed by atoms with Crippen molar-refractivity contribution in [3.05, 3.63) is 64.1 Å². The van der Waals surface area contributed by atoms with Crippen LogP contribution < -0.4 is 5.32 Å². The summed E-state index contributed by atoms with van der Waals surface area (Å²) in [6, 6.07) is 16.9. The lowest BCUT2D eigenvalue weighted by atomic mass is 10.0. The van der Waals surface area contributed by atoms with Crippen LogP contribution in [0.25, 0.3) is 0 Å². The highest BCUT2D eigenvalue weighted by molar-refractivity contribution is 9.10. The molecular weight excluding hydrogens is 286 g/mol. The van der Waals surface area contributed by atoms with Crippen molar-refractivity contribution in [3.8, 4) is 0 Å². The number of aryl methyl sites for hydroxylation is 1. The summed E-state index contributed by atoms with van der Waals surface area (Å²) in [5.74, 6) is 0.499. The molecule has 0 saturated heterocycles. The highest BCUT2D eigenvalue weighted by Gasteiger charge is 2.06. The summed E-state index contributed by atoms with van der Waals surface area (Å²) in [6.45, 7) is 5.29. The van der Waals surface area contributed by atoms with Crippen LogP contribution in [0.5, 0.6) is 0 Å². The van der Waals surface area contributed by atoms with Gasteiger partial charge in [0.25, 0.3) is 0 Å². The number of halogens is 1. The van der Waals surface area contributed by atoms with Crippen molar-refractivity contribution < 1.29 is 0 Å². The maximum atomic E-state index is 3.62. The molecule has 0 amide bonds. The maximum absolute atomic E-state index is 3.62. The third-order valence-corrected chi connectivity index (χ3v) is 4.21. The predicted octanol–water partition coefficient (Wildman–Crippen LogP) is 4.97. The first-order valence-corrected chi connectivity index (χ1v) is 7.01. The lowest BCUT2D eigenvalue weighted by molar-refractivity contribution is 0.804. The van der Waals surface area contributed by atoms with Gasteiger partial charge in [-0.1, -0.05) is 49.4 Å². The van der Waals surface area contributed by atoms with Crippen molar-refractivity contribution in [1.82, 2.24) is 0 Å². The smallest absolute Gasteiger partial charge is 0.0487 e. The number of anilines is 1. The van der Waals surface area contributed by atoms with E-state index in [0.29, 0.717) is 5.92 Å². The summed E-state index contributed by atoms with van der Waals surface area (Å²) in [6.07, 6.45) is 0. The minimum absolute atomic E-state index is 0.499. The fourth-order valence-corrected chi connectivity index (χ4v) is 2.35. The van der Waals surface area contributed by atoms with Gasteiger partial charge in [0, 0.05) is 16.7 Å². The Morgan fingerprint density at radius 1 is 1.06 bits per heavy atom. The average Bonchev–Trinajstić information content (AvgIpc) is 2.41. The molecule has 0 radical (unpaired) electrons. The van der Waals surface area contributed by atoms with Crippen molar-refractivity contribution >= 4 is 21.6 Å². The Morgan fingerprint density at radius 3 is 2.50 bits per heavy atom. The molecule has 0 bridgehead atoms. The van der Waals surface area contributed by atoms with E-state index in [0.717, 1.165) is 16.7 Å². The van der Waals surface area contributed by atoms with E-state index in [1.54, 1.807) is 0 Å². The minimum atomic E-state index is 0.499. The molecule has 0 heterocycles. The number of hydrogen-bond donors (Lipinski definition) is 1. The van der Waals surface area contributed by atoms with Crippen LogP contribution in [-0.2, 0) is 0 Å². The van der Waals surface area contributed by atoms with Crippen LogP contribution in [0.3, 0.4) is 0 Å². The molecule has 0 spiro atoms. The normalized spacial score (nSPS) is 12.2. The zero-order chi connectivity index (χ0) is 13.0. The predicted molar refractivity (Wildman–Crippen MR) is 82.2 cm³/mol. The lowest BCUT2D eigenvalue weighted by Gasteiger charge is -2.15. The molecule has 2 aromatic carbocycles. The Bertz CT molecular complexity index is 508. The summed E-state index contributed by atoms with van der Waals surface area (Å²) in [5.41, 5.74) is 3.79. The van der Waals surface area contributed by atoms with E-state index >= 15 is 0 Å². The second-order valence-electron chi connectivity index (χ2n) is 4.63. The van der Waals surface area contributed by atoms with Gasteiger partial charge in [-0.05, 0) is 46.0 Å². The molecular formula is C16H18BrN. The Morgan fingerprint density at radius 2 is 1.78 bits per heavy atom. The van der Waals surface area contributed by atoms with E-state index in [1.165, 1.54) is 11.1 Å². The maximum Gasteiger partial charge on any atom is 0.0487 e. The van der Waals surface area contributed by atoms with E-state index in [1.807, 2.05) is 0 Å². The quantitative estimate of drug-likeness (QED) is 0.840. The average molecular weight is 304 g/mol. The molecule has 0 aliphatic carbocycles. The zero-order valence-corrected chi connectivity index (χ0v) is 12.4. The van der Waals surface area contributed by atoms with Gasteiger partial charge < -0.3 is 5.32 Å². The lowest BCUT2D eigenvalue weighted by Crippen LogP contribution is -2.10. The highest BCUT2D eigenvalue weighted by Crippen LogP contribution is 2.26. The van der Waals surface area contributed by atoms with Gasteiger partial charge in [-0.25, -0.2) is 0 Å². The third kappa shape index (κ3) is 3.14. The molecule has 2 heteroatoms. The monoisotopic (exact) mass is 303 g/mol. The van der Waals surface area contributed by atoms with Crippen LogP contribution in [0, 0.1) is 6.92 Å². The summed E-state index contributed by atoms with van der Waals surface area (Å²) < 4.78 is 1.16. The topological polar surface area (TPSA) is 12.0 Å². The Balaban J connectivity index is 2.02. The van der Waals surface area contributed by atoms with E-state index in [9.17, 15) is 0 Å². The number of rotatable bonds is 4.